The average molecular weight is 970 g/mol. The molecule has 398 valence electrons. The van der Waals surface area contributed by atoms with Crippen molar-refractivity contribution in [2.24, 2.45) is 0 Å². The SMILES string of the molecule is CCCCCCCCCC/C=C\CCCCCCCCCCCCCC(=O)OC(COC(=O)CCCCCCCCCCCCCCCCCCCCCC)COP(=O)([O-])OCC[N+](C)(C)C. The summed E-state index contributed by atoms with van der Waals surface area (Å²) in [7, 11) is 1.18. The van der Waals surface area contributed by atoms with E-state index < -0.39 is 26.5 Å². The number of esters is 2. The first-order chi connectivity index (χ1) is 32.5. The molecule has 0 N–H and O–H groups in total. The monoisotopic (exact) mass is 970 g/mol. The minimum absolute atomic E-state index is 0.0270. The smallest absolute Gasteiger partial charge is 0.306 e. The molecule has 0 aromatic carbocycles. The second kappa shape index (κ2) is 49.7. The van der Waals surface area contributed by atoms with Gasteiger partial charge in [-0.25, -0.2) is 0 Å². The summed E-state index contributed by atoms with van der Waals surface area (Å²) < 4.78 is 34.2. The lowest BCUT2D eigenvalue weighted by molar-refractivity contribution is -0.870. The van der Waals surface area contributed by atoms with E-state index in [-0.39, 0.29) is 32.0 Å². The molecule has 0 radical (unpaired) electrons. The molecule has 0 aromatic rings. The normalized spacial score (nSPS) is 13.3. The molecule has 0 saturated carbocycles. The number of nitrogens with zero attached hydrogens (tertiary/aromatic N) is 1. The molecule has 0 aliphatic rings. The van der Waals surface area contributed by atoms with E-state index >= 15 is 0 Å². The predicted octanol–water partition coefficient (Wildman–Crippen LogP) is 17.0. The Kier molecular flexibility index (Phi) is 48.8. The van der Waals surface area contributed by atoms with Crippen molar-refractivity contribution in [3.63, 3.8) is 0 Å². The molecule has 2 unspecified atom stereocenters. The van der Waals surface area contributed by atoms with Gasteiger partial charge in [0.05, 0.1) is 27.7 Å². The van der Waals surface area contributed by atoms with Gasteiger partial charge in [0.1, 0.15) is 19.8 Å². The number of carbonyl (C=O) groups is 2. The molecule has 2 atom stereocenters. The summed E-state index contributed by atoms with van der Waals surface area (Å²) in [6.07, 6.45) is 56.8. The fourth-order valence-electron chi connectivity index (χ4n) is 8.54. The summed E-state index contributed by atoms with van der Waals surface area (Å²) in [6.45, 7) is 4.30. The minimum atomic E-state index is -4.63. The lowest BCUT2D eigenvalue weighted by Crippen LogP contribution is -2.37. The van der Waals surface area contributed by atoms with Gasteiger partial charge in [0.2, 0.25) is 0 Å². The molecular formula is C57H112NO8P. The van der Waals surface area contributed by atoms with E-state index in [1.54, 1.807) is 0 Å². The van der Waals surface area contributed by atoms with Crippen molar-refractivity contribution >= 4 is 19.8 Å². The Labute approximate surface area is 416 Å². The van der Waals surface area contributed by atoms with Crippen LogP contribution in [0.3, 0.4) is 0 Å². The van der Waals surface area contributed by atoms with E-state index in [1.165, 1.54) is 218 Å². The summed E-state index contributed by atoms with van der Waals surface area (Å²) in [5.74, 6) is -0.815. The van der Waals surface area contributed by atoms with Crippen LogP contribution in [0.4, 0.5) is 0 Å². The summed E-state index contributed by atoms with van der Waals surface area (Å²) >= 11 is 0. The maximum absolute atomic E-state index is 12.8. The van der Waals surface area contributed by atoms with Gasteiger partial charge >= 0.3 is 11.9 Å². The van der Waals surface area contributed by atoms with Gasteiger partial charge in [0.25, 0.3) is 7.82 Å². The van der Waals surface area contributed by atoms with E-state index in [1.807, 2.05) is 21.1 Å². The Morgan fingerprint density at radius 1 is 0.448 bits per heavy atom. The van der Waals surface area contributed by atoms with Gasteiger partial charge in [-0.2, -0.15) is 0 Å². The lowest BCUT2D eigenvalue weighted by atomic mass is 10.0. The van der Waals surface area contributed by atoms with Crippen molar-refractivity contribution in [1.82, 2.24) is 0 Å². The van der Waals surface area contributed by atoms with Crippen molar-refractivity contribution in [3.8, 4) is 0 Å². The average Bonchev–Trinajstić information content (AvgIpc) is 3.29. The summed E-state index contributed by atoms with van der Waals surface area (Å²) in [5.41, 5.74) is 0. The maximum atomic E-state index is 12.8. The molecule has 0 saturated heterocycles. The van der Waals surface area contributed by atoms with Crippen molar-refractivity contribution in [2.45, 2.75) is 296 Å². The van der Waals surface area contributed by atoms with Gasteiger partial charge in [-0.1, -0.05) is 251 Å². The fraction of sp³-hybridized carbons (Fsp3) is 0.930. The van der Waals surface area contributed by atoms with Crippen molar-refractivity contribution in [3.05, 3.63) is 12.2 Å². The Bertz CT molecular complexity index is 1140. The lowest BCUT2D eigenvalue weighted by Gasteiger charge is -2.28. The van der Waals surface area contributed by atoms with Crippen LogP contribution in [0, 0.1) is 0 Å². The number of ether oxygens (including phenoxy) is 2. The van der Waals surface area contributed by atoms with Crippen LogP contribution in [0.1, 0.15) is 290 Å². The first-order valence-electron chi connectivity index (χ1n) is 28.9. The molecule has 10 heteroatoms. The molecule has 0 aliphatic heterocycles. The summed E-state index contributed by atoms with van der Waals surface area (Å²) in [4.78, 5) is 37.8. The fourth-order valence-corrected chi connectivity index (χ4v) is 9.26. The molecule has 67 heavy (non-hydrogen) atoms. The Balaban J connectivity index is 4.13. The highest BCUT2D eigenvalue weighted by molar-refractivity contribution is 7.45. The maximum Gasteiger partial charge on any atom is 0.306 e. The van der Waals surface area contributed by atoms with Crippen molar-refractivity contribution in [1.29, 1.82) is 0 Å². The zero-order chi connectivity index (χ0) is 49.2. The second-order valence-electron chi connectivity index (χ2n) is 21.0. The van der Waals surface area contributed by atoms with Gasteiger partial charge in [-0.15, -0.1) is 0 Å². The molecule has 9 nitrogen and oxygen atoms in total. The zero-order valence-corrected chi connectivity index (χ0v) is 46.0. The quantitative estimate of drug-likeness (QED) is 0.0195. The summed E-state index contributed by atoms with van der Waals surface area (Å²) in [5, 5.41) is 0. The number of likely N-dealkylation sites (N-methyl/N-ethyl adjacent to an activating group) is 1. The molecule has 0 rings (SSSR count). The topological polar surface area (TPSA) is 111 Å². The number of rotatable bonds is 54. The number of carbonyl (C=O) groups excluding carboxylic acids is 2. The molecule has 0 amide bonds. The van der Waals surface area contributed by atoms with Gasteiger partial charge in [-0.05, 0) is 38.5 Å². The molecule has 0 aliphatic carbocycles. The first kappa shape index (κ1) is 65.8. The minimum Gasteiger partial charge on any atom is -0.756 e. The van der Waals surface area contributed by atoms with Crippen LogP contribution in [0.2, 0.25) is 0 Å². The van der Waals surface area contributed by atoms with Crippen LogP contribution in [-0.4, -0.2) is 70.0 Å². The van der Waals surface area contributed by atoms with Crippen LogP contribution in [-0.2, 0) is 32.7 Å². The van der Waals surface area contributed by atoms with Gasteiger partial charge in [0, 0.05) is 12.8 Å². The molecule has 0 bridgehead atoms. The molecular weight excluding hydrogens is 858 g/mol. The van der Waals surface area contributed by atoms with Crippen LogP contribution >= 0.6 is 7.82 Å². The summed E-state index contributed by atoms with van der Waals surface area (Å²) in [6, 6.07) is 0. The van der Waals surface area contributed by atoms with Crippen LogP contribution < -0.4 is 4.89 Å². The molecule has 0 spiro atoms. The van der Waals surface area contributed by atoms with Crippen LogP contribution in [0.15, 0.2) is 12.2 Å². The van der Waals surface area contributed by atoms with Gasteiger partial charge in [-0.3, -0.25) is 14.2 Å². The number of phosphoric ester groups is 1. The van der Waals surface area contributed by atoms with E-state index in [4.69, 9.17) is 18.5 Å². The number of quaternary nitrogens is 1. The number of unbranched alkanes of at least 4 members (excludes halogenated alkanes) is 38. The number of hydrogen-bond acceptors (Lipinski definition) is 8. The van der Waals surface area contributed by atoms with E-state index in [9.17, 15) is 19.0 Å². The Hall–Kier alpha value is -1.25. The third-order valence-electron chi connectivity index (χ3n) is 13.0. The molecule has 0 fully saturated rings. The van der Waals surface area contributed by atoms with Crippen molar-refractivity contribution in [2.75, 3.05) is 47.5 Å². The Morgan fingerprint density at radius 3 is 1.10 bits per heavy atom. The largest absolute Gasteiger partial charge is 0.756 e. The van der Waals surface area contributed by atoms with Crippen molar-refractivity contribution < 1.29 is 42.1 Å². The highest BCUT2D eigenvalue weighted by Crippen LogP contribution is 2.38. The predicted molar refractivity (Wildman–Crippen MR) is 282 cm³/mol. The van der Waals surface area contributed by atoms with Crippen LogP contribution in [0.25, 0.3) is 0 Å². The third kappa shape index (κ3) is 53.9. The standard InChI is InChI=1S/C57H112NO8P/c1-6-8-10-12-14-16-18-20-22-24-26-28-29-30-32-34-36-38-40-42-44-46-48-50-57(60)66-55(54-65-67(61,62)64-52-51-58(3,4)5)53-63-56(59)49-47-45-43-41-39-37-35-33-31-27-25-23-21-19-17-15-13-11-9-7-2/h24,26,55H,6-23,25,27-54H2,1-5H3/b26-24-. The zero-order valence-electron chi connectivity index (χ0n) is 45.1. The number of allylic oxidation sites excluding steroid dienone is 2. The first-order valence-corrected chi connectivity index (χ1v) is 30.4. The number of hydrogen-bond donors (Lipinski definition) is 0. The number of phosphoric acid groups is 1. The van der Waals surface area contributed by atoms with Gasteiger partial charge < -0.3 is 27.9 Å². The highest BCUT2D eigenvalue weighted by atomic mass is 31.2. The van der Waals surface area contributed by atoms with E-state index in [0.717, 1.165) is 38.5 Å². The molecule has 0 heterocycles. The second-order valence-corrected chi connectivity index (χ2v) is 22.4. The Morgan fingerprint density at radius 2 is 0.761 bits per heavy atom. The van der Waals surface area contributed by atoms with E-state index in [2.05, 4.69) is 26.0 Å². The van der Waals surface area contributed by atoms with Gasteiger partial charge in [0.15, 0.2) is 6.10 Å². The highest BCUT2D eigenvalue weighted by Gasteiger charge is 2.22. The third-order valence-corrected chi connectivity index (χ3v) is 14.0. The molecule has 0 aromatic heterocycles. The van der Waals surface area contributed by atoms with Crippen LogP contribution in [0.5, 0.6) is 0 Å². The van der Waals surface area contributed by atoms with E-state index in [0.29, 0.717) is 17.4 Å².